The Morgan fingerprint density at radius 2 is 2.28 bits per heavy atom. The smallest absolute Gasteiger partial charge is 0.337 e. The lowest BCUT2D eigenvalue weighted by atomic mass is 10.2. The van der Waals surface area contributed by atoms with Crippen LogP contribution in [0.25, 0.3) is 0 Å². The SMILES string of the molecule is CC1CS(=O)(=O)CCN1c1cnccc1C(=O)O. The zero-order valence-electron chi connectivity index (χ0n) is 9.91. The summed E-state index contributed by atoms with van der Waals surface area (Å²) in [5, 5.41) is 9.11. The van der Waals surface area contributed by atoms with E-state index in [9.17, 15) is 13.2 Å². The molecule has 0 aliphatic carbocycles. The Kier molecular flexibility index (Phi) is 3.25. The Morgan fingerprint density at radius 1 is 1.56 bits per heavy atom. The maximum absolute atomic E-state index is 11.5. The van der Waals surface area contributed by atoms with Gasteiger partial charge in [-0.05, 0) is 13.0 Å². The summed E-state index contributed by atoms with van der Waals surface area (Å²) in [5.74, 6) is -0.945. The van der Waals surface area contributed by atoms with Crippen LogP contribution in [0.4, 0.5) is 5.69 Å². The Balaban J connectivity index is 2.36. The van der Waals surface area contributed by atoms with Crippen molar-refractivity contribution in [2.24, 2.45) is 0 Å². The first-order valence-corrected chi connectivity index (χ1v) is 7.37. The molecule has 1 unspecified atom stereocenters. The van der Waals surface area contributed by atoms with Crippen molar-refractivity contribution in [3.05, 3.63) is 24.0 Å². The van der Waals surface area contributed by atoms with E-state index >= 15 is 0 Å². The molecule has 1 saturated heterocycles. The third kappa shape index (κ3) is 2.45. The largest absolute Gasteiger partial charge is 0.478 e. The van der Waals surface area contributed by atoms with Crippen molar-refractivity contribution in [3.8, 4) is 0 Å². The molecule has 0 radical (unpaired) electrons. The van der Waals surface area contributed by atoms with E-state index < -0.39 is 15.8 Å². The van der Waals surface area contributed by atoms with Crippen LogP contribution in [0, 0.1) is 0 Å². The van der Waals surface area contributed by atoms with Crippen LogP contribution in [0.5, 0.6) is 0 Å². The molecule has 1 aromatic heterocycles. The minimum atomic E-state index is -3.02. The number of pyridine rings is 1. The number of carbonyl (C=O) groups is 1. The Labute approximate surface area is 105 Å². The molecule has 0 saturated carbocycles. The number of nitrogens with zero attached hydrogens (tertiary/aromatic N) is 2. The first-order chi connectivity index (χ1) is 8.41. The van der Waals surface area contributed by atoms with Gasteiger partial charge in [-0.15, -0.1) is 0 Å². The third-order valence-corrected chi connectivity index (χ3v) is 4.81. The van der Waals surface area contributed by atoms with Crippen LogP contribution in [-0.4, -0.2) is 48.6 Å². The number of rotatable bonds is 2. The lowest BCUT2D eigenvalue weighted by Crippen LogP contribution is -2.47. The minimum Gasteiger partial charge on any atom is -0.478 e. The molecule has 0 spiro atoms. The molecule has 1 atom stereocenters. The molecule has 18 heavy (non-hydrogen) atoms. The quantitative estimate of drug-likeness (QED) is 0.837. The van der Waals surface area contributed by atoms with Gasteiger partial charge in [0.25, 0.3) is 0 Å². The molecule has 6 nitrogen and oxygen atoms in total. The van der Waals surface area contributed by atoms with Crippen LogP contribution in [0.1, 0.15) is 17.3 Å². The molecule has 1 fully saturated rings. The van der Waals surface area contributed by atoms with Crippen molar-refractivity contribution in [2.75, 3.05) is 23.0 Å². The fourth-order valence-electron chi connectivity index (χ4n) is 2.15. The Hall–Kier alpha value is -1.63. The average molecular weight is 270 g/mol. The molecule has 7 heteroatoms. The predicted molar refractivity (Wildman–Crippen MR) is 66.7 cm³/mol. The van der Waals surface area contributed by atoms with Crippen LogP contribution in [0.3, 0.4) is 0 Å². The van der Waals surface area contributed by atoms with Crippen molar-refractivity contribution in [2.45, 2.75) is 13.0 Å². The number of carboxylic acids is 1. The Bertz CT molecular complexity index is 570. The highest BCUT2D eigenvalue weighted by molar-refractivity contribution is 7.91. The molecular weight excluding hydrogens is 256 g/mol. The van der Waals surface area contributed by atoms with Gasteiger partial charge in [0.05, 0.1) is 29.0 Å². The van der Waals surface area contributed by atoms with E-state index in [1.54, 1.807) is 11.8 Å². The molecule has 1 aliphatic rings. The lowest BCUT2D eigenvalue weighted by Gasteiger charge is -2.35. The van der Waals surface area contributed by atoms with Crippen LogP contribution < -0.4 is 4.90 Å². The first kappa shape index (κ1) is 12.8. The molecule has 0 amide bonds. The summed E-state index contributed by atoms with van der Waals surface area (Å²) in [6, 6.07) is 1.18. The van der Waals surface area contributed by atoms with Gasteiger partial charge in [-0.3, -0.25) is 4.98 Å². The van der Waals surface area contributed by atoms with Gasteiger partial charge >= 0.3 is 5.97 Å². The van der Waals surface area contributed by atoms with E-state index in [0.717, 1.165) is 0 Å². The number of anilines is 1. The van der Waals surface area contributed by atoms with E-state index in [-0.39, 0.29) is 23.1 Å². The number of sulfone groups is 1. The highest BCUT2D eigenvalue weighted by Crippen LogP contribution is 2.24. The fraction of sp³-hybridized carbons (Fsp3) is 0.455. The summed E-state index contributed by atoms with van der Waals surface area (Å²) in [5.41, 5.74) is 0.628. The summed E-state index contributed by atoms with van der Waals surface area (Å²) in [4.78, 5) is 16.8. The second kappa shape index (κ2) is 4.56. The van der Waals surface area contributed by atoms with E-state index in [4.69, 9.17) is 5.11 Å². The van der Waals surface area contributed by atoms with Gasteiger partial charge in [0, 0.05) is 18.8 Å². The molecule has 2 rings (SSSR count). The summed E-state index contributed by atoms with van der Waals surface area (Å²) >= 11 is 0. The van der Waals surface area contributed by atoms with Gasteiger partial charge in [0.2, 0.25) is 0 Å². The monoisotopic (exact) mass is 270 g/mol. The van der Waals surface area contributed by atoms with Crippen LogP contribution in [0.15, 0.2) is 18.5 Å². The van der Waals surface area contributed by atoms with Crippen molar-refractivity contribution in [3.63, 3.8) is 0 Å². The lowest BCUT2D eigenvalue weighted by molar-refractivity contribution is 0.0697. The second-order valence-corrected chi connectivity index (χ2v) is 6.58. The molecular formula is C11H14N2O4S. The van der Waals surface area contributed by atoms with E-state index in [1.807, 2.05) is 0 Å². The number of aromatic carboxylic acids is 1. The number of hydrogen-bond donors (Lipinski definition) is 1. The number of aromatic nitrogens is 1. The van der Waals surface area contributed by atoms with Crippen molar-refractivity contribution in [1.29, 1.82) is 0 Å². The maximum Gasteiger partial charge on any atom is 0.337 e. The molecule has 1 aromatic rings. The van der Waals surface area contributed by atoms with E-state index in [1.165, 1.54) is 18.5 Å². The van der Waals surface area contributed by atoms with Crippen LogP contribution >= 0.6 is 0 Å². The van der Waals surface area contributed by atoms with Crippen LogP contribution in [0.2, 0.25) is 0 Å². The zero-order chi connectivity index (χ0) is 13.3. The molecule has 98 valence electrons. The van der Waals surface area contributed by atoms with Crippen molar-refractivity contribution < 1.29 is 18.3 Å². The maximum atomic E-state index is 11.5. The predicted octanol–water partition coefficient (Wildman–Crippen LogP) is 0.403. The van der Waals surface area contributed by atoms with Gasteiger partial charge in [0.1, 0.15) is 0 Å². The molecule has 1 N–H and O–H groups in total. The zero-order valence-corrected chi connectivity index (χ0v) is 10.7. The molecule has 0 bridgehead atoms. The van der Waals surface area contributed by atoms with E-state index in [2.05, 4.69) is 4.98 Å². The molecule has 1 aliphatic heterocycles. The fourth-order valence-corrected chi connectivity index (χ4v) is 3.71. The highest BCUT2D eigenvalue weighted by Gasteiger charge is 2.30. The molecule has 2 heterocycles. The number of hydrogen-bond acceptors (Lipinski definition) is 5. The normalized spacial score (nSPS) is 22.7. The topological polar surface area (TPSA) is 87.6 Å². The summed E-state index contributed by atoms with van der Waals surface area (Å²) in [6.07, 6.45) is 2.89. The average Bonchev–Trinajstić information content (AvgIpc) is 2.28. The van der Waals surface area contributed by atoms with Crippen LogP contribution in [-0.2, 0) is 9.84 Å². The third-order valence-electron chi connectivity index (χ3n) is 3.01. The van der Waals surface area contributed by atoms with Gasteiger partial charge in [-0.1, -0.05) is 0 Å². The van der Waals surface area contributed by atoms with E-state index in [0.29, 0.717) is 12.2 Å². The standard InChI is InChI=1S/C11H14N2O4S/c1-8-7-18(16,17)5-4-13(8)10-6-12-3-2-9(10)11(14)15/h2-3,6,8H,4-5,7H2,1H3,(H,14,15). The first-order valence-electron chi connectivity index (χ1n) is 5.55. The van der Waals surface area contributed by atoms with Crippen molar-refractivity contribution >= 4 is 21.5 Å². The minimum absolute atomic E-state index is 0.0426. The summed E-state index contributed by atoms with van der Waals surface area (Å²) in [6.45, 7) is 2.07. The summed E-state index contributed by atoms with van der Waals surface area (Å²) < 4.78 is 23.0. The van der Waals surface area contributed by atoms with Crippen molar-refractivity contribution in [1.82, 2.24) is 4.98 Å². The van der Waals surface area contributed by atoms with Gasteiger partial charge in [-0.2, -0.15) is 0 Å². The number of carboxylic acid groups (broad SMARTS) is 1. The van der Waals surface area contributed by atoms with Gasteiger partial charge < -0.3 is 10.0 Å². The van der Waals surface area contributed by atoms with Gasteiger partial charge in [0.15, 0.2) is 9.84 Å². The Morgan fingerprint density at radius 3 is 2.89 bits per heavy atom. The van der Waals surface area contributed by atoms with Gasteiger partial charge in [-0.25, -0.2) is 13.2 Å². The second-order valence-electron chi connectivity index (χ2n) is 4.35. The summed E-state index contributed by atoms with van der Waals surface area (Å²) in [7, 11) is -3.02. The molecule has 0 aromatic carbocycles. The highest BCUT2D eigenvalue weighted by atomic mass is 32.2.